The summed E-state index contributed by atoms with van der Waals surface area (Å²) in [6.45, 7) is 3.68. The van der Waals surface area contributed by atoms with E-state index in [1.165, 1.54) is 0 Å². The van der Waals surface area contributed by atoms with E-state index in [1.54, 1.807) is 6.07 Å². The molecule has 1 aliphatic heterocycles. The number of aliphatic hydroxyl groups is 1. The molecule has 5 nitrogen and oxygen atoms in total. The highest BCUT2D eigenvalue weighted by Crippen LogP contribution is 2.18. The molecule has 1 atom stereocenters. The minimum Gasteiger partial charge on any atom is -0.399 e. The van der Waals surface area contributed by atoms with Crippen LogP contribution in [0.15, 0.2) is 18.2 Å². The molecule has 0 bridgehead atoms. The van der Waals surface area contributed by atoms with Crippen LogP contribution >= 0.6 is 0 Å². The predicted octanol–water partition coefficient (Wildman–Crippen LogP) is 0.972. The molecule has 0 saturated carbocycles. The maximum atomic E-state index is 12.0. The fourth-order valence-corrected chi connectivity index (χ4v) is 2.34. The topological polar surface area (TPSA) is 78.6 Å². The van der Waals surface area contributed by atoms with Crippen LogP contribution in [0.4, 0.5) is 11.4 Å². The standard InChI is InChI=1S/C14H21N3O2/c1-10-4-5-11(15)7-13(10)16-14(19)9-17-6-2-3-12(18)8-17/h4-5,7,12,18H,2-3,6,8-9,15H2,1H3,(H,16,19). The van der Waals surface area contributed by atoms with Crippen molar-refractivity contribution in [2.45, 2.75) is 25.9 Å². The summed E-state index contributed by atoms with van der Waals surface area (Å²) in [5.74, 6) is -0.0669. The molecule has 1 saturated heterocycles. The van der Waals surface area contributed by atoms with Gasteiger partial charge < -0.3 is 16.2 Å². The van der Waals surface area contributed by atoms with Crippen molar-refractivity contribution in [3.05, 3.63) is 23.8 Å². The number of carbonyl (C=O) groups is 1. The van der Waals surface area contributed by atoms with E-state index in [-0.39, 0.29) is 12.0 Å². The van der Waals surface area contributed by atoms with Gasteiger partial charge in [0, 0.05) is 17.9 Å². The predicted molar refractivity (Wildman–Crippen MR) is 75.9 cm³/mol. The molecule has 1 aliphatic rings. The Labute approximate surface area is 113 Å². The van der Waals surface area contributed by atoms with Gasteiger partial charge in [0.25, 0.3) is 0 Å². The van der Waals surface area contributed by atoms with Crippen molar-refractivity contribution >= 4 is 17.3 Å². The van der Waals surface area contributed by atoms with Crippen LogP contribution in [-0.4, -0.2) is 41.7 Å². The van der Waals surface area contributed by atoms with Crippen molar-refractivity contribution < 1.29 is 9.90 Å². The Balaban J connectivity index is 1.92. The number of rotatable bonds is 3. The number of β-amino-alcohol motifs (C(OH)–C–C–N with tert-alkyl or cyclic N) is 1. The molecular formula is C14H21N3O2. The average molecular weight is 263 g/mol. The Hall–Kier alpha value is -1.59. The second-order valence-corrected chi connectivity index (χ2v) is 5.15. The van der Waals surface area contributed by atoms with E-state index in [9.17, 15) is 9.90 Å². The second-order valence-electron chi connectivity index (χ2n) is 5.15. The number of benzene rings is 1. The molecule has 1 unspecified atom stereocenters. The van der Waals surface area contributed by atoms with E-state index in [2.05, 4.69) is 5.32 Å². The number of amides is 1. The van der Waals surface area contributed by atoms with E-state index in [4.69, 9.17) is 5.73 Å². The number of nitrogens with one attached hydrogen (secondary N) is 1. The van der Waals surface area contributed by atoms with Crippen molar-refractivity contribution in [1.29, 1.82) is 0 Å². The number of nitrogens with zero attached hydrogens (tertiary/aromatic N) is 1. The largest absolute Gasteiger partial charge is 0.399 e. The molecule has 0 radical (unpaired) electrons. The van der Waals surface area contributed by atoms with Crippen LogP contribution in [0.5, 0.6) is 0 Å². The fraction of sp³-hybridized carbons (Fsp3) is 0.500. The van der Waals surface area contributed by atoms with Crippen molar-refractivity contribution in [3.63, 3.8) is 0 Å². The third-order valence-electron chi connectivity index (χ3n) is 3.38. The van der Waals surface area contributed by atoms with Crippen molar-refractivity contribution in [1.82, 2.24) is 4.90 Å². The molecule has 1 aromatic rings. The highest BCUT2D eigenvalue weighted by Gasteiger charge is 2.19. The molecule has 104 valence electrons. The van der Waals surface area contributed by atoms with Gasteiger partial charge in [-0.2, -0.15) is 0 Å². The second kappa shape index (κ2) is 6.04. The molecule has 0 aromatic heterocycles. The van der Waals surface area contributed by atoms with Gasteiger partial charge in [0.15, 0.2) is 0 Å². The Morgan fingerprint density at radius 2 is 2.37 bits per heavy atom. The van der Waals surface area contributed by atoms with Gasteiger partial charge in [-0.25, -0.2) is 0 Å². The van der Waals surface area contributed by atoms with Gasteiger partial charge in [0.05, 0.1) is 12.6 Å². The van der Waals surface area contributed by atoms with Gasteiger partial charge in [-0.1, -0.05) is 6.07 Å². The molecule has 4 N–H and O–H groups in total. The van der Waals surface area contributed by atoms with E-state index >= 15 is 0 Å². The summed E-state index contributed by atoms with van der Waals surface area (Å²) in [5, 5.41) is 12.4. The number of anilines is 2. The molecule has 1 amide bonds. The van der Waals surface area contributed by atoms with Crippen molar-refractivity contribution in [2.75, 3.05) is 30.7 Å². The van der Waals surface area contributed by atoms with Crippen LogP contribution in [-0.2, 0) is 4.79 Å². The van der Waals surface area contributed by atoms with Gasteiger partial charge in [-0.15, -0.1) is 0 Å². The molecule has 0 aliphatic carbocycles. The van der Waals surface area contributed by atoms with Crippen LogP contribution in [0, 0.1) is 6.92 Å². The quantitative estimate of drug-likeness (QED) is 0.710. The van der Waals surface area contributed by atoms with E-state index in [0.29, 0.717) is 18.8 Å². The summed E-state index contributed by atoms with van der Waals surface area (Å²) >= 11 is 0. The Morgan fingerprint density at radius 3 is 3.11 bits per heavy atom. The normalized spacial score (nSPS) is 20.2. The highest BCUT2D eigenvalue weighted by atomic mass is 16.3. The lowest BCUT2D eigenvalue weighted by molar-refractivity contribution is -0.118. The lowest BCUT2D eigenvalue weighted by Gasteiger charge is -2.29. The Bertz CT molecular complexity index is 462. The molecule has 2 rings (SSSR count). The highest BCUT2D eigenvalue weighted by molar-refractivity contribution is 5.93. The summed E-state index contributed by atoms with van der Waals surface area (Å²) in [4.78, 5) is 14.0. The third kappa shape index (κ3) is 3.94. The minimum absolute atomic E-state index is 0.0669. The average Bonchev–Trinajstić information content (AvgIpc) is 2.34. The first-order valence-corrected chi connectivity index (χ1v) is 6.61. The number of hydrogen-bond acceptors (Lipinski definition) is 4. The first-order valence-electron chi connectivity index (χ1n) is 6.61. The van der Waals surface area contributed by atoms with Gasteiger partial charge in [-0.05, 0) is 44.0 Å². The number of hydrogen-bond donors (Lipinski definition) is 3. The molecular weight excluding hydrogens is 242 g/mol. The van der Waals surface area contributed by atoms with Gasteiger partial charge in [0.1, 0.15) is 0 Å². The SMILES string of the molecule is Cc1ccc(N)cc1NC(=O)CN1CCCC(O)C1. The molecule has 19 heavy (non-hydrogen) atoms. The molecule has 0 spiro atoms. The molecule has 1 fully saturated rings. The molecule has 5 heteroatoms. The van der Waals surface area contributed by atoms with Crippen molar-refractivity contribution in [2.24, 2.45) is 0 Å². The monoisotopic (exact) mass is 263 g/mol. The van der Waals surface area contributed by atoms with Gasteiger partial charge >= 0.3 is 0 Å². The van der Waals surface area contributed by atoms with Crippen molar-refractivity contribution in [3.8, 4) is 0 Å². The van der Waals surface area contributed by atoms with E-state index < -0.39 is 0 Å². The minimum atomic E-state index is -0.310. The smallest absolute Gasteiger partial charge is 0.238 e. The first kappa shape index (κ1) is 13.8. The number of carbonyl (C=O) groups excluding carboxylic acids is 1. The zero-order chi connectivity index (χ0) is 13.8. The summed E-state index contributed by atoms with van der Waals surface area (Å²) in [6, 6.07) is 5.46. The van der Waals surface area contributed by atoms with Gasteiger partial charge in [0.2, 0.25) is 5.91 Å². The summed E-state index contributed by atoms with van der Waals surface area (Å²) in [5.41, 5.74) is 8.08. The number of nitrogens with two attached hydrogens (primary N) is 1. The number of nitrogen functional groups attached to an aromatic ring is 1. The van der Waals surface area contributed by atoms with E-state index in [1.807, 2.05) is 24.0 Å². The zero-order valence-electron chi connectivity index (χ0n) is 11.2. The molecule has 1 aromatic carbocycles. The van der Waals surface area contributed by atoms with Crippen LogP contribution < -0.4 is 11.1 Å². The van der Waals surface area contributed by atoms with Gasteiger partial charge in [-0.3, -0.25) is 9.69 Å². The number of aryl methyl sites for hydroxylation is 1. The van der Waals surface area contributed by atoms with Crippen LogP contribution in [0.2, 0.25) is 0 Å². The van der Waals surface area contributed by atoms with E-state index in [0.717, 1.165) is 30.6 Å². The van der Waals surface area contributed by atoms with Crippen LogP contribution in [0.3, 0.4) is 0 Å². The third-order valence-corrected chi connectivity index (χ3v) is 3.38. The number of likely N-dealkylation sites (tertiary alicyclic amines) is 1. The summed E-state index contributed by atoms with van der Waals surface area (Å²) in [7, 11) is 0. The fourth-order valence-electron chi connectivity index (χ4n) is 2.34. The number of aliphatic hydroxyl groups excluding tert-OH is 1. The maximum absolute atomic E-state index is 12.0. The first-order chi connectivity index (χ1) is 9.04. The Kier molecular flexibility index (Phi) is 4.39. The lowest BCUT2D eigenvalue weighted by atomic mass is 10.1. The lowest BCUT2D eigenvalue weighted by Crippen LogP contribution is -2.42. The summed E-state index contributed by atoms with van der Waals surface area (Å²) < 4.78 is 0. The van der Waals surface area contributed by atoms with Crippen LogP contribution in [0.25, 0.3) is 0 Å². The summed E-state index contributed by atoms with van der Waals surface area (Å²) in [6.07, 6.45) is 1.45. The zero-order valence-corrected chi connectivity index (χ0v) is 11.2. The number of piperidine rings is 1. The molecule has 1 heterocycles. The Morgan fingerprint density at radius 1 is 1.58 bits per heavy atom. The van der Waals surface area contributed by atoms with Crippen LogP contribution in [0.1, 0.15) is 18.4 Å². The maximum Gasteiger partial charge on any atom is 0.238 e.